The Kier molecular flexibility index (Phi) is 13.1. The second-order valence-electron chi connectivity index (χ2n) is 21.6. The monoisotopic (exact) mass is 1040 g/mol. The molecule has 8 saturated carbocycles. The maximum Gasteiger partial charge on any atom is 0.344 e. The summed E-state index contributed by atoms with van der Waals surface area (Å²) in [6, 6.07) is 41.3. The van der Waals surface area contributed by atoms with E-state index in [1.807, 2.05) is 60.7 Å². The topological polar surface area (TPSA) is 80.3 Å². The van der Waals surface area contributed by atoms with Crippen LogP contribution >= 0.6 is 22.6 Å². The van der Waals surface area contributed by atoms with E-state index < -0.39 is 0 Å². The number of carbonyl (C=O) groups excluding carboxylic acids is 2. The largest absolute Gasteiger partial charge is 0.489 e. The molecule has 5 aromatic carbocycles. The summed E-state index contributed by atoms with van der Waals surface area (Å²) in [4.78, 5) is 29.8. The van der Waals surface area contributed by atoms with Crippen LogP contribution in [0.2, 0.25) is 0 Å². The fourth-order valence-electron chi connectivity index (χ4n) is 13.9. The summed E-state index contributed by atoms with van der Waals surface area (Å²) in [7, 11) is -0.347. The van der Waals surface area contributed by atoms with Crippen LogP contribution in [0, 0.1) is 56.3 Å². The molecule has 8 aliphatic rings. The van der Waals surface area contributed by atoms with E-state index in [2.05, 4.69) is 97.1 Å². The Morgan fingerprint density at radius 2 is 0.853 bits per heavy atom. The lowest BCUT2D eigenvalue weighted by atomic mass is 9.45. The second kappa shape index (κ2) is 19.4. The number of benzene rings is 5. The number of ether oxygens (including phenoxy) is 5. The van der Waals surface area contributed by atoms with E-state index in [1.165, 1.54) is 82.5 Å². The van der Waals surface area contributed by atoms with Gasteiger partial charge in [0.1, 0.15) is 48.4 Å². The van der Waals surface area contributed by atoms with Crippen molar-refractivity contribution in [3.8, 4) is 23.0 Å². The highest BCUT2D eigenvalue weighted by Crippen LogP contribution is 2.63. The summed E-state index contributed by atoms with van der Waals surface area (Å²) >= 11 is 2.36. The van der Waals surface area contributed by atoms with Gasteiger partial charge in [-0.1, -0.05) is 31.2 Å². The smallest absolute Gasteiger partial charge is 0.344 e. The van der Waals surface area contributed by atoms with Crippen molar-refractivity contribution in [2.24, 2.45) is 52.8 Å². The van der Waals surface area contributed by atoms with Crippen LogP contribution in [0.4, 0.5) is 0 Å². The summed E-state index contributed by atoms with van der Waals surface area (Å²) < 4.78 is 31.8. The van der Waals surface area contributed by atoms with Gasteiger partial charge in [0.05, 0.1) is 10.9 Å². The molecule has 0 saturated heterocycles. The van der Waals surface area contributed by atoms with Gasteiger partial charge in [0.25, 0.3) is 0 Å². The number of hydrogen-bond donors (Lipinski definition) is 0. The van der Waals surface area contributed by atoms with Crippen molar-refractivity contribution < 1.29 is 33.3 Å². The molecule has 9 heteroatoms. The Bertz CT molecular complexity index is 2340. The molecule has 354 valence electrons. The molecule has 0 aromatic heterocycles. The maximum atomic E-state index is 13.2. The van der Waals surface area contributed by atoms with E-state index in [1.54, 1.807) is 0 Å². The zero-order chi connectivity index (χ0) is 46.4. The van der Waals surface area contributed by atoms with Crippen molar-refractivity contribution in [3.05, 3.63) is 136 Å². The molecule has 0 amide bonds. The first kappa shape index (κ1) is 45.9. The van der Waals surface area contributed by atoms with Crippen molar-refractivity contribution in [2.45, 2.75) is 118 Å². The average Bonchev–Trinajstić information content (AvgIpc) is 3.34. The summed E-state index contributed by atoms with van der Waals surface area (Å²) in [5.74, 6) is 8.79. The molecule has 13 rings (SSSR count). The molecule has 1 atom stereocenters. The lowest BCUT2D eigenvalue weighted by molar-refractivity contribution is -0.204. The van der Waals surface area contributed by atoms with Crippen LogP contribution in [-0.4, -0.2) is 30.6 Å². The molecule has 7 nitrogen and oxygen atoms in total. The van der Waals surface area contributed by atoms with Gasteiger partial charge in [0, 0.05) is 9.99 Å². The molecule has 0 N–H and O–H groups in total. The molecular formula is C59H64IO7S+. The maximum absolute atomic E-state index is 13.2. The van der Waals surface area contributed by atoms with Crippen molar-refractivity contribution in [1.29, 1.82) is 0 Å². The molecule has 0 spiro atoms. The Labute approximate surface area is 418 Å². The number of hydrogen-bond acceptors (Lipinski definition) is 7. The summed E-state index contributed by atoms with van der Waals surface area (Å²) in [5.41, 5.74) is 1.85. The lowest BCUT2D eigenvalue weighted by Crippen LogP contribution is -2.58. The standard InChI is InChI=1S/C59H64IO7S/c1-58(44-25-40-23-41(27-44)28-45(58)26-40)33-49(61)36-65-50-9-3-38(4-10-50)34-63-52-13-19-55(20-14-52)68(54-17-7-48(60)8-18-54)56-21-15-53(16-22-56)64-35-39-5-11-51(12-6-39)66-37-57(62)67-59(2)46-29-42-24-43(31-46)32-47(59)30-42/h3-22,40-47H,23-37H2,1-2H3/q+1. The molecular weight excluding hydrogens is 980 g/mol. The number of halogens is 1. The summed E-state index contributed by atoms with van der Waals surface area (Å²) in [6.07, 6.45) is 13.6. The van der Waals surface area contributed by atoms with Gasteiger partial charge in [-0.3, -0.25) is 4.79 Å². The zero-order valence-electron chi connectivity index (χ0n) is 39.4. The van der Waals surface area contributed by atoms with E-state index >= 15 is 0 Å². The van der Waals surface area contributed by atoms with Crippen LogP contribution < -0.4 is 18.9 Å². The van der Waals surface area contributed by atoms with Gasteiger partial charge in [-0.15, -0.1) is 0 Å². The molecule has 8 bridgehead atoms. The van der Waals surface area contributed by atoms with Crippen LogP contribution in [0.1, 0.15) is 95.6 Å². The molecule has 0 aliphatic heterocycles. The zero-order valence-corrected chi connectivity index (χ0v) is 42.4. The number of rotatable bonds is 18. The molecule has 8 aliphatic carbocycles. The van der Waals surface area contributed by atoms with Crippen molar-refractivity contribution in [2.75, 3.05) is 13.2 Å². The number of carbonyl (C=O) groups is 2. The van der Waals surface area contributed by atoms with Crippen LogP contribution in [0.3, 0.4) is 0 Å². The van der Waals surface area contributed by atoms with Gasteiger partial charge < -0.3 is 23.7 Å². The highest BCUT2D eigenvalue weighted by Gasteiger charge is 2.57. The van der Waals surface area contributed by atoms with Gasteiger partial charge >= 0.3 is 5.97 Å². The van der Waals surface area contributed by atoms with E-state index in [9.17, 15) is 9.59 Å². The van der Waals surface area contributed by atoms with Gasteiger partial charge in [-0.05, 0) is 255 Å². The first-order chi connectivity index (χ1) is 33.0. The van der Waals surface area contributed by atoms with E-state index in [0.29, 0.717) is 49.1 Å². The minimum atomic E-state index is -0.347. The SMILES string of the molecule is CC1(CC(=O)COc2ccc(COc3ccc([S+](c4ccc(I)cc4)c4ccc(OCc5ccc(OCC(=O)OC6(C)C7CC8CC(C7)CC6C8)cc5)cc4)cc3)cc2)C2CC3CC(C2)CC1C3. The molecule has 0 heterocycles. The first-order valence-corrected chi connectivity index (χ1v) is 27.4. The second-order valence-corrected chi connectivity index (χ2v) is 24.9. The Balaban J connectivity index is 0.653. The lowest BCUT2D eigenvalue weighted by Gasteiger charge is -2.60. The molecule has 0 radical (unpaired) electrons. The van der Waals surface area contributed by atoms with Crippen LogP contribution in [-0.2, 0) is 38.4 Å². The fraction of sp³-hybridized carbons (Fsp3) is 0.458. The minimum Gasteiger partial charge on any atom is -0.489 e. The van der Waals surface area contributed by atoms with E-state index in [4.69, 9.17) is 23.7 Å². The third-order valence-electron chi connectivity index (χ3n) is 17.3. The van der Waals surface area contributed by atoms with Gasteiger partial charge in [-0.2, -0.15) is 0 Å². The molecule has 68 heavy (non-hydrogen) atoms. The normalized spacial score (nSPS) is 29.9. The summed E-state index contributed by atoms with van der Waals surface area (Å²) in [6.45, 7) is 5.47. The van der Waals surface area contributed by atoms with Crippen molar-refractivity contribution in [1.82, 2.24) is 0 Å². The highest BCUT2D eigenvalue weighted by molar-refractivity contribution is 14.1. The van der Waals surface area contributed by atoms with Gasteiger partial charge in [-0.25, -0.2) is 4.79 Å². The number of Topliss-reactive ketones (excluding diaryl/α,β-unsaturated/α-hetero) is 1. The average molecular weight is 1040 g/mol. The van der Waals surface area contributed by atoms with Crippen LogP contribution in [0.25, 0.3) is 0 Å². The highest BCUT2D eigenvalue weighted by atomic mass is 127. The molecule has 8 fully saturated rings. The third-order valence-corrected chi connectivity index (χ3v) is 20.2. The van der Waals surface area contributed by atoms with Crippen molar-refractivity contribution >= 4 is 45.2 Å². The van der Waals surface area contributed by atoms with Gasteiger partial charge in [0.2, 0.25) is 0 Å². The Hall–Kier alpha value is -4.48. The van der Waals surface area contributed by atoms with Crippen LogP contribution in [0.5, 0.6) is 23.0 Å². The van der Waals surface area contributed by atoms with E-state index in [0.717, 1.165) is 52.0 Å². The third kappa shape index (κ3) is 9.81. The fourth-order valence-corrected chi connectivity index (χ4v) is 16.3. The predicted octanol–water partition coefficient (Wildman–Crippen LogP) is 13.5. The minimum absolute atomic E-state index is 0.0795. The number of ketones is 1. The van der Waals surface area contributed by atoms with Gasteiger partial charge in [0.15, 0.2) is 27.1 Å². The molecule has 5 aromatic rings. The predicted molar refractivity (Wildman–Crippen MR) is 273 cm³/mol. The summed E-state index contributed by atoms with van der Waals surface area (Å²) in [5, 5.41) is 0. The number of esters is 1. The first-order valence-electron chi connectivity index (χ1n) is 25.1. The Morgan fingerprint density at radius 3 is 1.29 bits per heavy atom. The van der Waals surface area contributed by atoms with Crippen molar-refractivity contribution in [3.63, 3.8) is 0 Å². The van der Waals surface area contributed by atoms with Crippen LogP contribution in [0.15, 0.2) is 136 Å². The van der Waals surface area contributed by atoms with E-state index in [-0.39, 0.29) is 46.9 Å². The molecule has 1 unspecified atom stereocenters. The Morgan fingerprint density at radius 1 is 0.485 bits per heavy atom. The quantitative estimate of drug-likeness (QED) is 0.0491.